The first-order chi connectivity index (χ1) is 15.8. The van der Waals surface area contributed by atoms with Crippen LogP contribution in [0.2, 0.25) is 0 Å². The highest BCUT2D eigenvalue weighted by atomic mass is 32.1. The van der Waals surface area contributed by atoms with Crippen molar-refractivity contribution in [3.63, 3.8) is 0 Å². The summed E-state index contributed by atoms with van der Waals surface area (Å²) >= 11 is 1.72. The molecule has 166 valence electrons. The second-order valence-corrected chi connectivity index (χ2v) is 8.50. The first kappa shape index (κ1) is 22.1. The van der Waals surface area contributed by atoms with Gasteiger partial charge >= 0.3 is 6.03 Å². The number of ether oxygens (including phenoxy) is 1. The molecule has 2 amide bonds. The number of carbonyl (C=O) groups is 1. The summed E-state index contributed by atoms with van der Waals surface area (Å²) in [5.74, 6) is 0. The molecule has 0 unspecified atom stereocenters. The molecule has 0 bridgehead atoms. The molecule has 6 heteroatoms. The molecule has 0 atom stereocenters. The number of hydrogen-bond acceptors (Lipinski definition) is 3. The van der Waals surface area contributed by atoms with Gasteiger partial charge in [0, 0.05) is 49.3 Å². The van der Waals surface area contributed by atoms with Crippen LogP contribution in [0.25, 0.3) is 21.5 Å². The average Bonchev–Trinajstić information content (AvgIpc) is 3.45. The Morgan fingerprint density at radius 3 is 2.59 bits per heavy atom. The minimum Gasteiger partial charge on any atom is -0.382 e. The van der Waals surface area contributed by atoms with E-state index in [0.717, 1.165) is 18.5 Å². The monoisotopic (exact) mass is 447 g/mol. The molecule has 2 heterocycles. The summed E-state index contributed by atoms with van der Waals surface area (Å²) in [4.78, 5) is 13.6. The molecule has 5 nitrogen and oxygen atoms in total. The number of carbonyl (C=O) groups excluding carboxylic acids is 1. The molecule has 0 fully saturated rings. The van der Waals surface area contributed by atoms with Gasteiger partial charge in [-0.25, -0.2) is 4.79 Å². The Balaban J connectivity index is 1.62. The molecule has 2 N–H and O–H groups in total. The van der Waals surface area contributed by atoms with Gasteiger partial charge in [-0.2, -0.15) is 0 Å². The molecule has 0 radical (unpaired) electrons. The molecule has 4 aromatic rings. The van der Waals surface area contributed by atoms with Gasteiger partial charge in [-0.15, -0.1) is 11.3 Å². The fourth-order valence-corrected chi connectivity index (χ4v) is 4.74. The number of hydrogen-bond donors (Lipinski definition) is 2. The maximum atomic E-state index is 12.4. The van der Waals surface area contributed by atoms with Crippen molar-refractivity contribution < 1.29 is 9.53 Å². The molecule has 0 saturated carbocycles. The van der Waals surface area contributed by atoms with E-state index in [4.69, 9.17) is 4.74 Å². The van der Waals surface area contributed by atoms with Crippen LogP contribution in [0, 0.1) is 0 Å². The molecule has 0 saturated heterocycles. The quantitative estimate of drug-likeness (QED) is 0.309. The largest absolute Gasteiger partial charge is 0.382 e. The van der Waals surface area contributed by atoms with Crippen LogP contribution in [-0.2, 0) is 17.8 Å². The fraction of sp³-hybridized carbons (Fsp3) is 0.269. The summed E-state index contributed by atoms with van der Waals surface area (Å²) in [5.41, 5.74) is 4.73. The third kappa shape index (κ3) is 5.21. The second-order valence-electron chi connectivity index (χ2n) is 7.55. The highest BCUT2D eigenvalue weighted by Gasteiger charge is 2.19. The predicted octanol–water partition coefficient (Wildman–Crippen LogP) is 5.64. The van der Waals surface area contributed by atoms with E-state index in [9.17, 15) is 4.79 Å². The van der Waals surface area contributed by atoms with Crippen LogP contribution in [-0.4, -0.2) is 30.4 Å². The molecule has 0 aliphatic rings. The maximum absolute atomic E-state index is 12.4. The minimum atomic E-state index is -0.154. The molecule has 2 aromatic heterocycles. The van der Waals surface area contributed by atoms with Gasteiger partial charge in [0.2, 0.25) is 0 Å². The molecular formula is C26H29N3O2S. The molecular weight excluding hydrogens is 418 g/mol. The first-order valence-electron chi connectivity index (χ1n) is 11.0. The maximum Gasteiger partial charge on any atom is 0.315 e. The number of fused-ring (bicyclic) bond motifs is 1. The highest BCUT2D eigenvalue weighted by Crippen LogP contribution is 2.36. The number of para-hydroxylation sites is 1. The summed E-state index contributed by atoms with van der Waals surface area (Å²) in [6.45, 7) is 5.17. The number of amides is 2. The van der Waals surface area contributed by atoms with Gasteiger partial charge in [0.15, 0.2) is 0 Å². The fourth-order valence-electron chi connectivity index (χ4n) is 3.93. The van der Waals surface area contributed by atoms with E-state index in [-0.39, 0.29) is 6.03 Å². The van der Waals surface area contributed by atoms with Gasteiger partial charge in [-0.1, -0.05) is 54.6 Å². The lowest BCUT2D eigenvalue weighted by molar-refractivity contribution is 0.145. The topological polar surface area (TPSA) is 55.3 Å². The Morgan fingerprint density at radius 2 is 1.81 bits per heavy atom. The lowest BCUT2D eigenvalue weighted by atomic mass is 10.1. The van der Waals surface area contributed by atoms with E-state index in [1.807, 2.05) is 13.0 Å². The Morgan fingerprint density at radius 1 is 1.00 bits per heavy atom. The van der Waals surface area contributed by atoms with Gasteiger partial charge < -0.3 is 19.9 Å². The lowest BCUT2D eigenvalue weighted by Gasteiger charge is -2.12. The van der Waals surface area contributed by atoms with E-state index in [1.54, 1.807) is 11.3 Å². The average molecular weight is 448 g/mol. The molecule has 0 aliphatic carbocycles. The van der Waals surface area contributed by atoms with Crippen molar-refractivity contribution in [3.05, 3.63) is 83.2 Å². The van der Waals surface area contributed by atoms with Crippen molar-refractivity contribution in [3.8, 4) is 10.6 Å². The van der Waals surface area contributed by atoms with Crippen LogP contribution in [0.3, 0.4) is 0 Å². The third-order valence-corrected chi connectivity index (χ3v) is 6.27. The third-order valence-electron chi connectivity index (χ3n) is 5.39. The van der Waals surface area contributed by atoms with Gasteiger partial charge in [0.25, 0.3) is 0 Å². The summed E-state index contributed by atoms with van der Waals surface area (Å²) in [7, 11) is 0. The molecule has 0 spiro atoms. The zero-order chi connectivity index (χ0) is 22.2. The van der Waals surface area contributed by atoms with Crippen LogP contribution in [0.5, 0.6) is 0 Å². The van der Waals surface area contributed by atoms with Crippen molar-refractivity contribution in [2.75, 3.05) is 19.8 Å². The summed E-state index contributed by atoms with van der Waals surface area (Å²) < 4.78 is 7.70. The zero-order valence-corrected chi connectivity index (χ0v) is 19.2. The Kier molecular flexibility index (Phi) is 7.59. The number of urea groups is 1. The van der Waals surface area contributed by atoms with E-state index >= 15 is 0 Å². The van der Waals surface area contributed by atoms with Crippen molar-refractivity contribution in [2.45, 2.75) is 26.4 Å². The lowest BCUT2D eigenvalue weighted by Crippen LogP contribution is -2.36. The summed E-state index contributed by atoms with van der Waals surface area (Å²) in [6, 6.07) is 23.0. The van der Waals surface area contributed by atoms with Crippen LogP contribution in [0.15, 0.2) is 72.1 Å². The highest BCUT2D eigenvalue weighted by molar-refractivity contribution is 7.13. The zero-order valence-electron chi connectivity index (χ0n) is 18.3. The Bertz CT molecular complexity index is 1140. The molecule has 0 aliphatic heterocycles. The van der Waals surface area contributed by atoms with Gasteiger partial charge in [-0.05, 0) is 36.4 Å². The molecule has 32 heavy (non-hydrogen) atoms. The number of rotatable bonds is 10. The van der Waals surface area contributed by atoms with Gasteiger partial charge in [-0.3, -0.25) is 0 Å². The Hall–Kier alpha value is -3.09. The van der Waals surface area contributed by atoms with Crippen LogP contribution < -0.4 is 10.6 Å². The van der Waals surface area contributed by atoms with Gasteiger partial charge in [0.05, 0.1) is 10.6 Å². The first-order valence-corrected chi connectivity index (χ1v) is 11.9. The standard InChI is InChI=1S/C26H29N3O2S/c1-2-31-16-9-15-27-26(30)28-18-22-21-12-6-7-13-23(21)29(19-20-10-4-3-5-11-20)25(22)24-14-8-17-32-24/h3-8,10-14,17H,2,9,15-16,18-19H2,1H3,(H2,27,28,30). The Labute approximate surface area is 193 Å². The minimum absolute atomic E-state index is 0.154. The summed E-state index contributed by atoms with van der Waals surface area (Å²) in [6.07, 6.45) is 0.804. The smallest absolute Gasteiger partial charge is 0.315 e. The van der Waals surface area contributed by atoms with E-state index in [1.165, 1.54) is 27.0 Å². The van der Waals surface area contributed by atoms with Crippen molar-refractivity contribution in [1.29, 1.82) is 0 Å². The number of benzene rings is 2. The van der Waals surface area contributed by atoms with E-state index in [2.05, 4.69) is 81.2 Å². The summed E-state index contributed by atoms with van der Waals surface area (Å²) in [5, 5.41) is 9.26. The molecule has 4 rings (SSSR count). The number of nitrogens with one attached hydrogen (secondary N) is 2. The van der Waals surface area contributed by atoms with Crippen LogP contribution in [0.4, 0.5) is 4.79 Å². The van der Waals surface area contributed by atoms with Crippen molar-refractivity contribution in [1.82, 2.24) is 15.2 Å². The number of thiophene rings is 1. The van der Waals surface area contributed by atoms with Crippen LogP contribution >= 0.6 is 11.3 Å². The van der Waals surface area contributed by atoms with Gasteiger partial charge in [0.1, 0.15) is 0 Å². The second kappa shape index (κ2) is 11.0. The predicted molar refractivity (Wildman–Crippen MR) is 132 cm³/mol. The van der Waals surface area contributed by atoms with E-state index in [0.29, 0.717) is 26.3 Å². The van der Waals surface area contributed by atoms with Crippen LogP contribution in [0.1, 0.15) is 24.5 Å². The SMILES string of the molecule is CCOCCCNC(=O)NCc1c(-c2cccs2)n(Cc2ccccc2)c2ccccc12. The molecule has 2 aromatic carbocycles. The number of aromatic nitrogens is 1. The van der Waals surface area contributed by atoms with E-state index < -0.39 is 0 Å². The normalized spacial score (nSPS) is 11.0. The van der Waals surface area contributed by atoms with Crippen molar-refractivity contribution in [2.24, 2.45) is 0 Å². The number of nitrogens with zero attached hydrogens (tertiary/aromatic N) is 1. The van der Waals surface area contributed by atoms with Crippen molar-refractivity contribution >= 4 is 28.3 Å².